The van der Waals surface area contributed by atoms with Gasteiger partial charge in [0.1, 0.15) is 0 Å². The molecular weight excluding hydrogens is 158 g/mol. The minimum Gasteiger partial charge on any atom is -0.381 e. The Morgan fingerprint density at radius 2 is 2.00 bits per heavy atom. The molecule has 1 rings (SSSR count). The smallest absolute Gasteiger partial charge is 0.0595 e. The molecule has 1 saturated heterocycles. The Bertz CT molecular complexity index is 111. The normalized spacial score (nSPS) is 25.4. The molecule has 0 aromatic rings. The summed E-state index contributed by atoms with van der Waals surface area (Å²) in [6.45, 7) is 4.38. The van der Waals surface area contributed by atoms with Crippen molar-refractivity contribution < 1.29 is 4.74 Å². The lowest BCUT2D eigenvalue weighted by Crippen LogP contribution is -2.39. The van der Waals surface area contributed by atoms with E-state index in [1.54, 1.807) is 7.11 Å². The zero-order valence-electron chi connectivity index (χ0n) is 7.29. The van der Waals surface area contributed by atoms with Gasteiger partial charge in [0.2, 0.25) is 0 Å². The Kier molecular flexibility index (Phi) is 3.69. The minimum absolute atomic E-state index is 0.396. The lowest BCUT2D eigenvalue weighted by Gasteiger charge is -2.33. The van der Waals surface area contributed by atoms with E-state index in [2.05, 4.69) is 24.5 Å². The van der Waals surface area contributed by atoms with E-state index in [9.17, 15) is 0 Å². The summed E-state index contributed by atoms with van der Waals surface area (Å²) in [5.41, 5.74) is 0. The van der Waals surface area contributed by atoms with Gasteiger partial charge in [0.15, 0.2) is 0 Å². The summed E-state index contributed by atoms with van der Waals surface area (Å²) in [5, 5.41) is 0.396. The molecule has 0 spiro atoms. The van der Waals surface area contributed by atoms with Crippen LogP contribution in [0, 0.1) is 0 Å². The molecule has 0 bridgehead atoms. The molecule has 1 atom stereocenters. The first kappa shape index (κ1) is 9.36. The second-order valence-corrected chi connectivity index (χ2v) is 3.85. The number of thiol groups is 1. The molecule has 0 unspecified atom stereocenters. The third kappa shape index (κ3) is 2.65. The molecule has 0 radical (unpaired) electrons. The van der Waals surface area contributed by atoms with Crippen molar-refractivity contribution in [2.45, 2.75) is 31.2 Å². The zero-order chi connectivity index (χ0) is 8.27. The van der Waals surface area contributed by atoms with Crippen molar-refractivity contribution in [2.24, 2.45) is 0 Å². The maximum absolute atomic E-state index is 5.27. The first-order valence-electron chi connectivity index (χ1n) is 4.19. The number of hydrogen-bond acceptors (Lipinski definition) is 3. The van der Waals surface area contributed by atoms with Gasteiger partial charge in [0.25, 0.3) is 0 Å². The van der Waals surface area contributed by atoms with E-state index in [0.29, 0.717) is 11.5 Å². The molecule has 1 aliphatic heterocycles. The summed E-state index contributed by atoms with van der Waals surface area (Å²) in [4.78, 5) is 2.37. The van der Waals surface area contributed by atoms with Gasteiger partial charge in [0, 0.05) is 25.6 Å². The van der Waals surface area contributed by atoms with Gasteiger partial charge in [-0.25, -0.2) is 0 Å². The molecule has 0 amide bonds. The minimum atomic E-state index is 0.396. The molecule has 1 fully saturated rings. The average Bonchev–Trinajstić information content (AvgIpc) is 2.05. The van der Waals surface area contributed by atoms with Crippen molar-refractivity contribution >= 4 is 12.6 Å². The zero-order valence-corrected chi connectivity index (χ0v) is 8.18. The van der Waals surface area contributed by atoms with Crippen LogP contribution in [-0.2, 0) is 4.74 Å². The number of methoxy groups -OCH3 is 1. The molecule has 0 aromatic heterocycles. The number of ether oxygens (including phenoxy) is 1. The Morgan fingerprint density at radius 3 is 2.36 bits per heavy atom. The maximum atomic E-state index is 5.27. The van der Waals surface area contributed by atoms with Crippen LogP contribution in [0.3, 0.4) is 0 Å². The first-order valence-corrected chi connectivity index (χ1v) is 4.70. The van der Waals surface area contributed by atoms with E-state index in [4.69, 9.17) is 4.74 Å². The predicted octanol–water partition coefficient (Wildman–Crippen LogP) is 1.37. The number of likely N-dealkylation sites (tertiary alicyclic amines) is 1. The Morgan fingerprint density at radius 1 is 1.45 bits per heavy atom. The van der Waals surface area contributed by atoms with E-state index < -0.39 is 0 Å². The summed E-state index contributed by atoms with van der Waals surface area (Å²) < 4.78 is 5.27. The average molecular weight is 175 g/mol. The van der Waals surface area contributed by atoms with Gasteiger partial charge in [0.05, 0.1) is 6.10 Å². The van der Waals surface area contributed by atoms with Crippen molar-refractivity contribution in [1.82, 2.24) is 4.90 Å². The van der Waals surface area contributed by atoms with Crippen LogP contribution in [-0.4, -0.2) is 36.6 Å². The lowest BCUT2D eigenvalue weighted by atomic mass is 10.1. The van der Waals surface area contributed by atoms with Crippen LogP contribution in [0.25, 0.3) is 0 Å². The highest BCUT2D eigenvalue weighted by molar-refractivity contribution is 7.80. The maximum Gasteiger partial charge on any atom is 0.0595 e. The van der Waals surface area contributed by atoms with Gasteiger partial charge < -0.3 is 4.74 Å². The SMILES string of the molecule is COC1CCN([C@H](C)S)CC1. The van der Waals surface area contributed by atoms with Crippen molar-refractivity contribution in [2.75, 3.05) is 20.2 Å². The molecule has 11 heavy (non-hydrogen) atoms. The van der Waals surface area contributed by atoms with Crippen molar-refractivity contribution in [3.63, 3.8) is 0 Å². The van der Waals surface area contributed by atoms with Gasteiger partial charge in [-0.2, -0.15) is 12.6 Å². The van der Waals surface area contributed by atoms with E-state index in [1.165, 1.54) is 0 Å². The van der Waals surface area contributed by atoms with Crippen LogP contribution in [0.2, 0.25) is 0 Å². The van der Waals surface area contributed by atoms with Gasteiger partial charge in [-0.3, -0.25) is 4.90 Å². The third-order valence-electron chi connectivity index (χ3n) is 2.34. The summed E-state index contributed by atoms with van der Waals surface area (Å²) in [6, 6.07) is 0. The Labute approximate surface area is 74.3 Å². The predicted molar refractivity (Wildman–Crippen MR) is 50.1 cm³/mol. The second-order valence-electron chi connectivity index (χ2n) is 3.10. The number of hydrogen-bond donors (Lipinski definition) is 1. The van der Waals surface area contributed by atoms with E-state index in [-0.39, 0.29) is 0 Å². The Hall–Kier alpha value is 0.270. The van der Waals surface area contributed by atoms with Gasteiger partial charge in [-0.05, 0) is 19.8 Å². The summed E-state index contributed by atoms with van der Waals surface area (Å²) >= 11 is 4.39. The van der Waals surface area contributed by atoms with E-state index in [0.717, 1.165) is 25.9 Å². The van der Waals surface area contributed by atoms with Crippen LogP contribution >= 0.6 is 12.6 Å². The highest BCUT2D eigenvalue weighted by atomic mass is 32.1. The summed E-state index contributed by atoms with van der Waals surface area (Å²) in [6.07, 6.45) is 2.79. The lowest BCUT2D eigenvalue weighted by molar-refractivity contribution is 0.0397. The molecular formula is C8H17NOS. The standard InChI is InChI=1S/C8H17NOS/c1-7(11)9-5-3-8(10-2)4-6-9/h7-8,11H,3-6H2,1-2H3/t7-/m0/s1. The highest BCUT2D eigenvalue weighted by Gasteiger charge is 2.20. The van der Waals surface area contributed by atoms with Crippen LogP contribution in [0.1, 0.15) is 19.8 Å². The summed E-state index contributed by atoms with van der Waals surface area (Å²) in [5.74, 6) is 0. The molecule has 0 N–H and O–H groups in total. The van der Waals surface area contributed by atoms with Crippen molar-refractivity contribution in [1.29, 1.82) is 0 Å². The fraction of sp³-hybridized carbons (Fsp3) is 1.00. The molecule has 0 aliphatic carbocycles. The van der Waals surface area contributed by atoms with Crippen LogP contribution in [0.4, 0.5) is 0 Å². The molecule has 0 saturated carbocycles. The quantitative estimate of drug-likeness (QED) is 0.636. The Balaban J connectivity index is 2.24. The second kappa shape index (κ2) is 4.33. The molecule has 1 heterocycles. The van der Waals surface area contributed by atoms with Gasteiger partial charge >= 0.3 is 0 Å². The first-order chi connectivity index (χ1) is 5.24. The molecule has 1 aliphatic rings. The van der Waals surface area contributed by atoms with Crippen LogP contribution in [0.15, 0.2) is 0 Å². The van der Waals surface area contributed by atoms with Gasteiger partial charge in [-0.1, -0.05) is 0 Å². The fourth-order valence-corrected chi connectivity index (χ4v) is 1.72. The topological polar surface area (TPSA) is 12.5 Å². The number of rotatable bonds is 2. The van der Waals surface area contributed by atoms with Crippen molar-refractivity contribution in [3.05, 3.63) is 0 Å². The fourth-order valence-electron chi connectivity index (χ4n) is 1.49. The molecule has 0 aromatic carbocycles. The molecule has 2 nitrogen and oxygen atoms in total. The monoisotopic (exact) mass is 175 g/mol. The van der Waals surface area contributed by atoms with Crippen molar-refractivity contribution in [3.8, 4) is 0 Å². The van der Waals surface area contributed by atoms with Crippen LogP contribution < -0.4 is 0 Å². The highest BCUT2D eigenvalue weighted by Crippen LogP contribution is 2.16. The van der Waals surface area contributed by atoms with Gasteiger partial charge in [-0.15, -0.1) is 0 Å². The van der Waals surface area contributed by atoms with E-state index >= 15 is 0 Å². The molecule has 3 heteroatoms. The molecule has 66 valence electrons. The van der Waals surface area contributed by atoms with Crippen LogP contribution in [0.5, 0.6) is 0 Å². The van der Waals surface area contributed by atoms with E-state index in [1.807, 2.05) is 0 Å². The largest absolute Gasteiger partial charge is 0.381 e. The summed E-state index contributed by atoms with van der Waals surface area (Å²) in [7, 11) is 1.80. The number of piperidine rings is 1. The third-order valence-corrected chi connectivity index (χ3v) is 2.66. The number of nitrogens with zero attached hydrogens (tertiary/aromatic N) is 1.